The molecule has 150 valence electrons. The van der Waals surface area contributed by atoms with E-state index in [1.54, 1.807) is 11.3 Å². The van der Waals surface area contributed by atoms with Gasteiger partial charge < -0.3 is 9.67 Å². The average molecular weight is 407 g/mol. The minimum absolute atomic E-state index is 0.159. The van der Waals surface area contributed by atoms with Gasteiger partial charge in [-0.25, -0.2) is 4.99 Å². The van der Waals surface area contributed by atoms with Crippen LogP contribution in [-0.4, -0.2) is 21.3 Å². The number of aromatic hydroxyl groups is 1. The van der Waals surface area contributed by atoms with E-state index in [-0.39, 0.29) is 11.8 Å². The Bertz CT molecular complexity index is 1030. The number of amides is 1. The SMILES string of the molecule is CCCCC(CC)Cn1c(O)c2c(c1-c1cccs1)C(=O)N=C2c1ccccc1. The van der Waals surface area contributed by atoms with Crippen LogP contribution in [0.3, 0.4) is 0 Å². The lowest BCUT2D eigenvalue weighted by atomic mass is 9.99. The summed E-state index contributed by atoms with van der Waals surface area (Å²) in [7, 11) is 0. The molecule has 3 heterocycles. The van der Waals surface area contributed by atoms with Gasteiger partial charge in [0, 0.05) is 12.1 Å². The number of unbranched alkanes of at least 4 members (excludes halogenated alkanes) is 1. The van der Waals surface area contributed by atoms with Crippen molar-refractivity contribution in [1.29, 1.82) is 0 Å². The van der Waals surface area contributed by atoms with E-state index in [0.29, 0.717) is 29.3 Å². The molecule has 4 rings (SSSR count). The number of thiophene rings is 1. The minimum Gasteiger partial charge on any atom is -0.494 e. The van der Waals surface area contributed by atoms with Crippen molar-refractivity contribution in [3.63, 3.8) is 0 Å². The zero-order valence-electron chi connectivity index (χ0n) is 16.9. The number of fused-ring (bicyclic) bond motifs is 1. The second-order valence-corrected chi connectivity index (χ2v) is 8.51. The summed E-state index contributed by atoms with van der Waals surface area (Å²) in [4.78, 5) is 18.3. The van der Waals surface area contributed by atoms with Crippen LogP contribution in [0.4, 0.5) is 0 Å². The van der Waals surface area contributed by atoms with Gasteiger partial charge in [-0.1, -0.05) is 69.5 Å². The van der Waals surface area contributed by atoms with Crippen LogP contribution in [0.25, 0.3) is 10.6 Å². The molecule has 1 amide bonds. The van der Waals surface area contributed by atoms with Crippen LogP contribution < -0.4 is 0 Å². The third kappa shape index (κ3) is 3.55. The van der Waals surface area contributed by atoms with E-state index < -0.39 is 0 Å². The maximum Gasteiger partial charge on any atom is 0.280 e. The highest BCUT2D eigenvalue weighted by molar-refractivity contribution is 7.13. The molecular formula is C24H26N2O2S. The molecule has 0 saturated carbocycles. The molecule has 1 unspecified atom stereocenters. The van der Waals surface area contributed by atoms with Gasteiger partial charge >= 0.3 is 0 Å². The van der Waals surface area contributed by atoms with E-state index >= 15 is 0 Å². The zero-order chi connectivity index (χ0) is 20.4. The van der Waals surface area contributed by atoms with Crippen molar-refractivity contribution in [3.8, 4) is 16.5 Å². The maximum absolute atomic E-state index is 13.0. The van der Waals surface area contributed by atoms with Gasteiger partial charge in [-0.3, -0.25) is 4.79 Å². The number of hydrogen-bond acceptors (Lipinski definition) is 3. The van der Waals surface area contributed by atoms with Gasteiger partial charge in [0.25, 0.3) is 5.91 Å². The van der Waals surface area contributed by atoms with Crippen molar-refractivity contribution < 1.29 is 9.90 Å². The number of aliphatic imine (C=N–C) groups is 1. The van der Waals surface area contributed by atoms with E-state index in [9.17, 15) is 9.90 Å². The molecule has 0 aliphatic carbocycles. The largest absolute Gasteiger partial charge is 0.494 e. The van der Waals surface area contributed by atoms with Crippen LogP contribution in [0.15, 0.2) is 52.8 Å². The third-order valence-corrected chi connectivity index (χ3v) is 6.56. The smallest absolute Gasteiger partial charge is 0.280 e. The number of carbonyl (C=O) groups excluding carboxylic acids is 1. The summed E-state index contributed by atoms with van der Waals surface area (Å²) in [6.45, 7) is 5.10. The molecule has 2 aromatic heterocycles. The van der Waals surface area contributed by atoms with E-state index in [1.807, 2.05) is 52.4 Å². The number of carbonyl (C=O) groups is 1. The van der Waals surface area contributed by atoms with Gasteiger partial charge in [0.15, 0.2) is 0 Å². The number of benzene rings is 1. The Kier molecular flexibility index (Phi) is 5.67. The minimum atomic E-state index is -0.266. The molecule has 1 aliphatic heterocycles. The number of hydrogen-bond donors (Lipinski definition) is 1. The Labute approximate surface area is 175 Å². The van der Waals surface area contributed by atoms with Gasteiger partial charge in [-0.2, -0.15) is 0 Å². The van der Waals surface area contributed by atoms with Crippen molar-refractivity contribution in [2.45, 2.75) is 46.1 Å². The molecule has 0 bridgehead atoms. The Morgan fingerprint density at radius 3 is 2.55 bits per heavy atom. The number of aromatic nitrogens is 1. The topological polar surface area (TPSA) is 54.6 Å². The standard InChI is InChI=1S/C24H26N2O2S/c1-3-5-10-16(4-2)15-26-22(18-13-9-14-29-18)20-19(24(26)28)21(25-23(20)27)17-11-7-6-8-12-17/h6-9,11-14,16,28H,3-5,10,15H2,1-2H3. The van der Waals surface area contributed by atoms with Crippen LogP contribution in [0.1, 0.15) is 61.0 Å². The predicted molar refractivity (Wildman–Crippen MR) is 119 cm³/mol. The van der Waals surface area contributed by atoms with Crippen LogP contribution in [-0.2, 0) is 6.54 Å². The fraction of sp³-hybridized carbons (Fsp3) is 0.333. The fourth-order valence-corrected chi connectivity index (χ4v) is 4.86. The Morgan fingerprint density at radius 2 is 1.90 bits per heavy atom. The molecule has 3 aromatic rings. The molecular weight excluding hydrogens is 380 g/mol. The second-order valence-electron chi connectivity index (χ2n) is 7.56. The summed E-state index contributed by atoms with van der Waals surface area (Å²) in [5.41, 5.74) is 3.34. The van der Waals surface area contributed by atoms with E-state index in [2.05, 4.69) is 18.8 Å². The summed E-state index contributed by atoms with van der Waals surface area (Å²) in [6.07, 6.45) is 4.49. The van der Waals surface area contributed by atoms with Crippen molar-refractivity contribution >= 4 is 23.0 Å². The lowest BCUT2D eigenvalue weighted by Gasteiger charge is -2.19. The predicted octanol–water partition coefficient (Wildman–Crippen LogP) is 6.13. The fourth-order valence-electron chi connectivity index (χ4n) is 4.08. The Balaban J connectivity index is 1.86. The molecule has 1 N–H and O–H groups in total. The molecule has 0 fully saturated rings. The first-order chi connectivity index (χ1) is 14.2. The monoisotopic (exact) mass is 406 g/mol. The van der Waals surface area contributed by atoms with Crippen LogP contribution >= 0.6 is 11.3 Å². The molecule has 0 saturated heterocycles. The summed E-state index contributed by atoms with van der Waals surface area (Å²) in [6, 6.07) is 13.6. The van der Waals surface area contributed by atoms with Gasteiger partial charge in [0.1, 0.15) is 0 Å². The zero-order valence-corrected chi connectivity index (χ0v) is 17.7. The first-order valence-electron chi connectivity index (χ1n) is 10.3. The van der Waals surface area contributed by atoms with Crippen LogP contribution in [0.5, 0.6) is 5.88 Å². The molecule has 4 nitrogen and oxygen atoms in total. The van der Waals surface area contributed by atoms with Crippen molar-refractivity contribution in [2.24, 2.45) is 10.9 Å². The number of nitrogens with zero attached hydrogens (tertiary/aromatic N) is 2. The van der Waals surface area contributed by atoms with Crippen LogP contribution in [0, 0.1) is 5.92 Å². The van der Waals surface area contributed by atoms with Crippen molar-refractivity contribution in [3.05, 3.63) is 64.5 Å². The van der Waals surface area contributed by atoms with E-state index in [1.165, 1.54) is 6.42 Å². The van der Waals surface area contributed by atoms with Gasteiger partial charge in [0.2, 0.25) is 5.88 Å². The molecule has 1 aliphatic rings. The average Bonchev–Trinajstić information content (AvgIpc) is 3.44. The normalized spacial score (nSPS) is 14.1. The van der Waals surface area contributed by atoms with Gasteiger partial charge in [0.05, 0.1) is 27.4 Å². The van der Waals surface area contributed by atoms with Gasteiger partial charge in [-0.15, -0.1) is 11.3 Å². The molecule has 29 heavy (non-hydrogen) atoms. The molecule has 1 aromatic carbocycles. The highest BCUT2D eigenvalue weighted by Gasteiger charge is 2.36. The summed E-state index contributed by atoms with van der Waals surface area (Å²) in [5, 5.41) is 13.3. The maximum atomic E-state index is 13.0. The molecule has 0 radical (unpaired) electrons. The van der Waals surface area contributed by atoms with Crippen molar-refractivity contribution in [2.75, 3.05) is 0 Å². The van der Waals surface area contributed by atoms with Gasteiger partial charge in [-0.05, 0) is 23.8 Å². The summed E-state index contributed by atoms with van der Waals surface area (Å²) >= 11 is 1.59. The second kappa shape index (κ2) is 8.37. The van der Waals surface area contributed by atoms with E-state index in [0.717, 1.165) is 35.4 Å². The highest BCUT2D eigenvalue weighted by Crippen LogP contribution is 2.43. The summed E-state index contributed by atoms with van der Waals surface area (Å²) < 4.78 is 1.95. The number of rotatable bonds is 8. The Morgan fingerprint density at radius 1 is 1.10 bits per heavy atom. The molecule has 5 heteroatoms. The quantitative estimate of drug-likeness (QED) is 0.489. The molecule has 0 spiro atoms. The molecule has 1 atom stereocenters. The third-order valence-electron chi connectivity index (χ3n) is 5.69. The Hall–Kier alpha value is -2.66. The first kappa shape index (κ1) is 19.6. The highest BCUT2D eigenvalue weighted by atomic mass is 32.1. The lowest BCUT2D eigenvalue weighted by molar-refractivity contribution is 0.101. The van der Waals surface area contributed by atoms with Crippen LogP contribution in [0.2, 0.25) is 0 Å². The lowest BCUT2D eigenvalue weighted by Crippen LogP contribution is -2.12. The first-order valence-corrected chi connectivity index (χ1v) is 11.2. The van der Waals surface area contributed by atoms with E-state index in [4.69, 9.17) is 0 Å². The van der Waals surface area contributed by atoms with Crippen molar-refractivity contribution in [1.82, 2.24) is 4.57 Å². The summed E-state index contributed by atoms with van der Waals surface area (Å²) in [5.74, 6) is 0.351.